The first kappa shape index (κ1) is 12.4. The molecule has 0 unspecified atom stereocenters. The summed E-state index contributed by atoms with van der Waals surface area (Å²) in [7, 11) is 0. The van der Waals surface area contributed by atoms with Crippen LogP contribution in [0.5, 0.6) is 0 Å². The summed E-state index contributed by atoms with van der Waals surface area (Å²) in [4.78, 5) is 15.7. The number of rotatable bonds is 5. The number of aliphatic hydroxyl groups excluding tert-OH is 1. The fourth-order valence-electron chi connectivity index (χ4n) is 1.70. The third-order valence-corrected chi connectivity index (χ3v) is 2.69. The second-order valence-corrected chi connectivity index (χ2v) is 3.72. The SMILES string of the molecule is CCN(CCO)CC(=O)N1CCNCC1. The van der Waals surface area contributed by atoms with Crippen LogP contribution >= 0.6 is 0 Å². The lowest BCUT2D eigenvalue weighted by Gasteiger charge is -2.29. The molecule has 1 aliphatic rings. The standard InChI is InChI=1S/C10H21N3O2/c1-2-12(7-8-14)9-10(15)13-5-3-11-4-6-13/h11,14H,2-9H2,1H3. The molecule has 1 heterocycles. The van der Waals surface area contributed by atoms with E-state index in [1.165, 1.54) is 0 Å². The fraction of sp³-hybridized carbons (Fsp3) is 0.900. The number of aliphatic hydroxyl groups is 1. The summed E-state index contributed by atoms with van der Waals surface area (Å²) >= 11 is 0. The van der Waals surface area contributed by atoms with Gasteiger partial charge in [-0.25, -0.2) is 0 Å². The van der Waals surface area contributed by atoms with Gasteiger partial charge in [0, 0.05) is 32.7 Å². The van der Waals surface area contributed by atoms with Gasteiger partial charge in [0.05, 0.1) is 13.2 Å². The van der Waals surface area contributed by atoms with Crippen LogP contribution < -0.4 is 5.32 Å². The van der Waals surface area contributed by atoms with Gasteiger partial charge in [-0.3, -0.25) is 9.69 Å². The molecule has 1 saturated heterocycles. The molecule has 0 saturated carbocycles. The van der Waals surface area contributed by atoms with Gasteiger partial charge in [-0.05, 0) is 6.54 Å². The lowest BCUT2D eigenvalue weighted by Crippen LogP contribution is -2.49. The lowest BCUT2D eigenvalue weighted by molar-refractivity contribution is -0.133. The molecule has 1 fully saturated rings. The third kappa shape index (κ3) is 4.15. The smallest absolute Gasteiger partial charge is 0.236 e. The number of piperazine rings is 1. The van der Waals surface area contributed by atoms with Crippen molar-refractivity contribution in [2.75, 3.05) is 52.4 Å². The van der Waals surface area contributed by atoms with Crippen molar-refractivity contribution in [2.24, 2.45) is 0 Å². The molecule has 0 aromatic carbocycles. The molecule has 88 valence electrons. The van der Waals surface area contributed by atoms with Crippen molar-refractivity contribution in [3.05, 3.63) is 0 Å². The molecule has 5 nitrogen and oxygen atoms in total. The fourth-order valence-corrected chi connectivity index (χ4v) is 1.70. The highest BCUT2D eigenvalue weighted by Crippen LogP contribution is 1.96. The molecule has 0 spiro atoms. The number of nitrogens with zero attached hydrogens (tertiary/aromatic N) is 2. The number of nitrogens with one attached hydrogen (secondary N) is 1. The number of carbonyl (C=O) groups is 1. The lowest BCUT2D eigenvalue weighted by atomic mass is 10.3. The van der Waals surface area contributed by atoms with E-state index in [0.29, 0.717) is 13.1 Å². The van der Waals surface area contributed by atoms with E-state index >= 15 is 0 Å². The monoisotopic (exact) mass is 215 g/mol. The van der Waals surface area contributed by atoms with Crippen LogP contribution in [0.15, 0.2) is 0 Å². The van der Waals surface area contributed by atoms with Crippen molar-refractivity contribution in [3.63, 3.8) is 0 Å². The van der Waals surface area contributed by atoms with E-state index in [2.05, 4.69) is 5.32 Å². The van der Waals surface area contributed by atoms with Crippen molar-refractivity contribution < 1.29 is 9.90 Å². The van der Waals surface area contributed by atoms with Gasteiger partial charge in [0.15, 0.2) is 0 Å². The summed E-state index contributed by atoms with van der Waals surface area (Å²) in [5.74, 6) is 0.173. The molecule has 0 radical (unpaired) electrons. The second kappa shape index (κ2) is 6.76. The molecule has 0 aliphatic carbocycles. The van der Waals surface area contributed by atoms with Gasteiger partial charge in [0.25, 0.3) is 0 Å². The topological polar surface area (TPSA) is 55.8 Å². The first-order chi connectivity index (χ1) is 7.27. The van der Waals surface area contributed by atoms with Crippen LogP contribution in [-0.2, 0) is 4.79 Å². The van der Waals surface area contributed by atoms with Gasteiger partial charge >= 0.3 is 0 Å². The van der Waals surface area contributed by atoms with Crippen LogP contribution in [0.2, 0.25) is 0 Å². The third-order valence-electron chi connectivity index (χ3n) is 2.69. The molecule has 5 heteroatoms. The summed E-state index contributed by atoms with van der Waals surface area (Å²) < 4.78 is 0. The van der Waals surface area contributed by atoms with Gasteiger partial charge in [0.1, 0.15) is 0 Å². The largest absolute Gasteiger partial charge is 0.395 e. The average molecular weight is 215 g/mol. The van der Waals surface area contributed by atoms with Crippen molar-refractivity contribution in [2.45, 2.75) is 6.92 Å². The Balaban J connectivity index is 2.31. The van der Waals surface area contributed by atoms with Crippen LogP contribution in [0.3, 0.4) is 0 Å². The normalized spacial score (nSPS) is 17.1. The summed E-state index contributed by atoms with van der Waals surface area (Å²) in [5, 5.41) is 12.0. The van der Waals surface area contributed by atoms with Crippen LogP contribution in [-0.4, -0.2) is 73.2 Å². The zero-order valence-electron chi connectivity index (χ0n) is 9.41. The molecule has 1 amide bonds. The molecule has 0 aromatic rings. The van der Waals surface area contributed by atoms with Gasteiger partial charge in [-0.2, -0.15) is 0 Å². The minimum Gasteiger partial charge on any atom is -0.395 e. The van der Waals surface area contributed by atoms with Crippen molar-refractivity contribution in [1.29, 1.82) is 0 Å². The van der Waals surface area contributed by atoms with Crippen LogP contribution in [0, 0.1) is 0 Å². The Morgan fingerprint density at radius 1 is 1.47 bits per heavy atom. The Morgan fingerprint density at radius 3 is 2.67 bits per heavy atom. The predicted octanol–water partition coefficient (Wildman–Crippen LogP) is -1.27. The van der Waals surface area contributed by atoms with Gasteiger partial charge < -0.3 is 15.3 Å². The van der Waals surface area contributed by atoms with E-state index < -0.39 is 0 Å². The highest BCUT2D eigenvalue weighted by Gasteiger charge is 2.17. The Hall–Kier alpha value is -0.650. The van der Waals surface area contributed by atoms with E-state index in [1.807, 2.05) is 16.7 Å². The molecular weight excluding hydrogens is 194 g/mol. The summed E-state index contributed by atoms with van der Waals surface area (Å²) in [5.41, 5.74) is 0. The minimum atomic E-state index is 0.114. The minimum absolute atomic E-state index is 0.114. The van der Waals surface area contributed by atoms with Crippen molar-refractivity contribution in [3.8, 4) is 0 Å². The summed E-state index contributed by atoms with van der Waals surface area (Å²) in [6.07, 6.45) is 0. The van der Waals surface area contributed by atoms with Crippen LogP contribution in [0.4, 0.5) is 0 Å². The number of carbonyl (C=O) groups excluding carboxylic acids is 1. The van der Waals surface area contributed by atoms with E-state index in [9.17, 15) is 4.79 Å². The van der Waals surface area contributed by atoms with E-state index in [1.54, 1.807) is 0 Å². The van der Waals surface area contributed by atoms with Gasteiger partial charge in [0.2, 0.25) is 5.91 Å². The number of amides is 1. The van der Waals surface area contributed by atoms with Crippen molar-refractivity contribution >= 4 is 5.91 Å². The zero-order valence-corrected chi connectivity index (χ0v) is 9.41. The number of hydrogen-bond acceptors (Lipinski definition) is 4. The summed E-state index contributed by atoms with van der Waals surface area (Å²) in [6.45, 7) is 7.30. The molecule has 0 aromatic heterocycles. The first-order valence-electron chi connectivity index (χ1n) is 5.59. The Labute approximate surface area is 91.0 Å². The van der Waals surface area contributed by atoms with E-state index in [4.69, 9.17) is 5.11 Å². The van der Waals surface area contributed by atoms with Crippen molar-refractivity contribution in [1.82, 2.24) is 15.1 Å². The molecule has 15 heavy (non-hydrogen) atoms. The highest BCUT2D eigenvalue weighted by atomic mass is 16.3. The number of hydrogen-bond donors (Lipinski definition) is 2. The zero-order chi connectivity index (χ0) is 11.1. The van der Waals surface area contributed by atoms with Gasteiger partial charge in [-0.1, -0.05) is 6.92 Å². The Bertz CT molecular complexity index is 193. The maximum Gasteiger partial charge on any atom is 0.236 e. The van der Waals surface area contributed by atoms with Gasteiger partial charge in [-0.15, -0.1) is 0 Å². The van der Waals surface area contributed by atoms with Crippen LogP contribution in [0.1, 0.15) is 6.92 Å². The number of likely N-dealkylation sites (N-methyl/N-ethyl adjacent to an activating group) is 1. The van der Waals surface area contributed by atoms with Crippen LogP contribution in [0.25, 0.3) is 0 Å². The maximum absolute atomic E-state index is 11.8. The quantitative estimate of drug-likeness (QED) is 0.600. The highest BCUT2D eigenvalue weighted by molar-refractivity contribution is 5.78. The van der Waals surface area contributed by atoms with E-state index in [0.717, 1.165) is 32.7 Å². The molecule has 2 N–H and O–H groups in total. The molecule has 1 aliphatic heterocycles. The average Bonchev–Trinajstić information content (AvgIpc) is 2.29. The van der Waals surface area contributed by atoms with E-state index in [-0.39, 0.29) is 12.5 Å². The predicted molar refractivity (Wildman–Crippen MR) is 58.6 cm³/mol. The first-order valence-corrected chi connectivity index (χ1v) is 5.59. The molecule has 1 rings (SSSR count). The second-order valence-electron chi connectivity index (χ2n) is 3.72. The molecular formula is C10H21N3O2. The molecule has 0 atom stereocenters. The maximum atomic E-state index is 11.8. The Kier molecular flexibility index (Phi) is 5.60. The summed E-state index contributed by atoms with van der Waals surface area (Å²) in [6, 6.07) is 0. The Morgan fingerprint density at radius 2 is 2.13 bits per heavy atom. The molecule has 0 bridgehead atoms.